The maximum atomic E-state index is 12.5. The van der Waals surface area contributed by atoms with E-state index in [9.17, 15) is 4.79 Å². The number of nitrogens with zero attached hydrogens (tertiary/aromatic N) is 3. The summed E-state index contributed by atoms with van der Waals surface area (Å²) in [6.45, 7) is 5.81. The van der Waals surface area contributed by atoms with Crippen LogP contribution < -0.4 is 20.7 Å². The summed E-state index contributed by atoms with van der Waals surface area (Å²) in [7, 11) is 1.64. The average Bonchev–Trinajstić information content (AvgIpc) is 2.80. The van der Waals surface area contributed by atoms with E-state index in [1.54, 1.807) is 13.3 Å². The number of aromatic nitrogens is 3. The van der Waals surface area contributed by atoms with Crippen LogP contribution in [0, 0.1) is 20.8 Å². The summed E-state index contributed by atoms with van der Waals surface area (Å²) < 4.78 is 5.28. The molecule has 178 valence electrons. The van der Waals surface area contributed by atoms with E-state index in [-0.39, 0.29) is 12.3 Å². The molecule has 2 aromatic heterocycles. The molecular weight excluding hydrogens is 440 g/mol. The lowest BCUT2D eigenvalue weighted by atomic mass is 10.1. The minimum Gasteiger partial charge on any atom is -0.496 e. The Labute approximate surface area is 204 Å². The second-order valence-electron chi connectivity index (χ2n) is 8.26. The van der Waals surface area contributed by atoms with Gasteiger partial charge in [-0.05, 0) is 79.9 Å². The molecule has 0 radical (unpaired) electrons. The van der Waals surface area contributed by atoms with Crippen molar-refractivity contribution in [2.24, 2.45) is 0 Å². The Morgan fingerprint density at radius 2 is 1.54 bits per heavy atom. The highest BCUT2D eigenvalue weighted by molar-refractivity contribution is 5.92. The highest BCUT2D eigenvalue weighted by Crippen LogP contribution is 2.22. The Morgan fingerprint density at radius 3 is 2.23 bits per heavy atom. The Bertz CT molecular complexity index is 1340. The van der Waals surface area contributed by atoms with Crippen LogP contribution in [-0.4, -0.2) is 28.0 Å². The van der Waals surface area contributed by atoms with Gasteiger partial charge in [0.1, 0.15) is 29.0 Å². The largest absolute Gasteiger partial charge is 0.496 e. The maximum absolute atomic E-state index is 12.5. The predicted octanol–water partition coefficient (Wildman–Crippen LogP) is 5.47. The Morgan fingerprint density at radius 1 is 0.829 bits per heavy atom. The van der Waals surface area contributed by atoms with Gasteiger partial charge >= 0.3 is 0 Å². The number of rotatable bonds is 8. The monoisotopic (exact) mass is 468 g/mol. The van der Waals surface area contributed by atoms with Crippen LogP contribution in [0.15, 0.2) is 66.9 Å². The molecule has 0 aliphatic heterocycles. The zero-order chi connectivity index (χ0) is 24.8. The molecule has 0 saturated heterocycles. The SMILES string of the molecule is COc1ccc(CC(=O)Nc2ccc(Nc3cc(Nc4cc(C)ccn4)nc(C)n3)cc2)cc1C. The first-order valence-corrected chi connectivity index (χ1v) is 11.2. The number of hydrogen-bond acceptors (Lipinski definition) is 7. The van der Waals surface area contributed by atoms with Crippen LogP contribution in [0.3, 0.4) is 0 Å². The van der Waals surface area contributed by atoms with Gasteiger partial charge in [-0.1, -0.05) is 12.1 Å². The van der Waals surface area contributed by atoms with E-state index in [2.05, 4.69) is 30.9 Å². The normalized spacial score (nSPS) is 10.5. The van der Waals surface area contributed by atoms with Gasteiger partial charge in [-0.2, -0.15) is 0 Å². The lowest BCUT2D eigenvalue weighted by Crippen LogP contribution is -2.14. The summed E-state index contributed by atoms with van der Waals surface area (Å²) in [5, 5.41) is 9.44. The molecule has 4 aromatic rings. The molecule has 0 unspecified atom stereocenters. The Kier molecular flexibility index (Phi) is 7.21. The molecule has 8 heteroatoms. The molecule has 0 saturated carbocycles. The summed E-state index contributed by atoms with van der Waals surface area (Å²) >= 11 is 0. The number of pyridine rings is 1. The fourth-order valence-corrected chi connectivity index (χ4v) is 3.66. The molecule has 8 nitrogen and oxygen atoms in total. The molecule has 0 spiro atoms. The van der Waals surface area contributed by atoms with Crippen LogP contribution in [-0.2, 0) is 11.2 Å². The number of anilines is 5. The first-order chi connectivity index (χ1) is 16.9. The van der Waals surface area contributed by atoms with Crippen molar-refractivity contribution in [3.8, 4) is 5.75 Å². The van der Waals surface area contributed by atoms with Gasteiger partial charge in [-0.25, -0.2) is 15.0 Å². The van der Waals surface area contributed by atoms with Crippen LogP contribution in [0.25, 0.3) is 0 Å². The molecular formula is C27H28N6O2. The lowest BCUT2D eigenvalue weighted by Gasteiger charge is -2.11. The summed E-state index contributed by atoms with van der Waals surface area (Å²) in [5.41, 5.74) is 4.60. The standard InChI is InChI=1S/C27H28N6O2/c1-17-11-12-28-24(13-17)33-26-16-25(29-19(3)30-26)31-21-6-8-22(9-7-21)32-27(34)15-20-5-10-23(35-4)18(2)14-20/h5-14,16H,15H2,1-4H3,(H,32,34)(H2,28,29,30,31,33). The number of amides is 1. The molecule has 0 aliphatic carbocycles. The number of aryl methyl sites for hydroxylation is 3. The topological polar surface area (TPSA) is 101 Å². The van der Waals surface area contributed by atoms with E-state index >= 15 is 0 Å². The molecule has 2 aromatic carbocycles. The average molecular weight is 469 g/mol. The summed E-state index contributed by atoms with van der Waals surface area (Å²) in [5.74, 6) is 3.38. The van der Waals surface area contributed by atoms with Crippen molar-refractivity contribution < 1.29 is 9.53 Å². The fraction of sp³-hybridized carbons (Fsp3) is 0.185. The second kappa shape index (κ2) is 10.6. The Hall–Kier alpha value is -4.46. The summed E-state index contributed by atoms with van der Waals surface area (Å²) in [4.78, 5) is 25.7. The van der Waals surface area contributed by atoms with E-state index in [1.165, 1.54) is 0 Å². The third-order valence-electron chi connectivity index (χ3n) is 5.27. The molecule has 2 heterocycles. The molecule has 1 amide bonds. The lowest BCUT2D eigenvalue weighted by molar-refractivity contribution is -0.115. The van der Waals surface area contributed by atoms with E-state index < -0.39 is 0 Å². The second-order valence-corrected chi connectivity index (χ2v) is 8.26. The van der Waals surface area contributed by atoms with Crippen molar-refractivity contribution >= 4 is 34.7 Å². The minimum atomic E-state index is -0.0813. The highest BCUT2D eigenvalue weighted by atomic mass is 16.5. The van der Waals surface area contributed by atoms with E-state index in [0.717, 1.165) is 39.6 Å². The van der Waals surface area contributed by atoms with Gasteiger partial charge in [-0.15, -0.1) is 0 Å². The highest BCUT2D eigenvalue weighted by Gasteiger charge is 2.08. The van der Waals surface area contributed by atoms with Crippen LogP contribution in [0.5, 0.6) is 5.75 Å². The first kappa shape index (κ1) is 23.7. The van der Waals surface area contributed by atoms with Crippen LogP contribution in [0.2, 0.25) is 0 Å². The van der Waals surface area contributed by atoms with Gasteiger partial charge in [-0.3, -0.25) is 4.79 Å². The summed E-state index contributed by atoms with van der Waals surface area (Å²) in [6, 6.07) is 18.9. The number of methoxy groups -OCH3 is 1. The van der Waals surface area contributed by atoms with Gasteiger partial charge in [0.25, 0.3) is 0 Å². The van der Waals surface area contributed by atoms with Crippen LogP contribution in [0.4, 0.5) is 28.8 Å². The minimum absolute atomic E-state index is 0.0813. The van der Waals surface area contributed by atoms with Crippen molar-refractivity contribution in [3.05, 3.63) is 89.4 Å². The quantitative estimate of drug-likeness (QED) is 0.315. The molecule has 4 rings (SSSR count). The van der Waals surface area contributed by atoms with Gasteiger partial charge in [0.15, 0.2) is 0 Å². The van der Waals surface area contributed by atoms with Crippen LogP contribution in [0.1, 0.15) is 22.5 Å². The zero-order valence-corrected chi connectivity index (χ0v) is 20.2. The molecule has 35 heavy (non-hydrogen) atoms. The zero-order valence-electron chi connectivity index (χ0n) is 20.2. The number of carbonyl (C=O) groups is 1. The molecule has 0 fully saturated rings. The molecule has 0 bridgehead atoms. The smallest absolute Gasteiger partial charge is 0.228 e. The van der Waals surface area contributed by atoms with Crippen molar-refractivity contribution in [2.45, 2.75) is 27.2 Å². The van der Waals surface area contributed by atoms with Gasteiger partial charge < -0.3 is 20.7 Å². The van der Waals surface area contributed by atoms with E-state index in [4.69, 9.17) is 4.74 Å². The predicted molar refractivity (Wildman–Crippen MR) is 139 cm³/mol. The van der Waals surface area contributed by atoms with Crippen molar-refractivity contribution in [1.29, 1.82) is 0 Å². The number of ether oxygens (including phenoxy) is 1. The van der Waals surface area contributed by atoms with E-state index in [1.807, 2.05) is 81.4 Å². The van der Waals surface area contributed by atoms with Gasteiger partial charge in [0.2, 0.25) is 5.91 Å². The number of hydrogen-bond donors (Lipinski definition) is 3. The van der Waals surface area contributed by atoms with E-state index in [0.29, 0.717) is 17.5 Å². The molecule has 3 N–H and O–H groups in total. The number of nitrogens with one attached hydrogen (secondary N) is 3. The molecule has 0 aliphatic rings. The van der Waals surface area contributed by atoms with Gasteiger partial charge in [0, 0.05) is 23.6 Å². The van der Waals surface area contributed by atoms with Crippen molar-refractivity contribution in [2.75, 3.05) is 23.1 Å². The maximum Gasteiger partial charge on any atom is 0.228 e. The number of benzene rings is 2. The summed E-state index contributed by atoms with van der Waals surface area (Å²) in [6.07, 6.45) is 2.04. The third kappa shape index (κ3) is 6.54. The molecule has 0 atom stereocenters. The fourth-order valence-electron chi connectivity index (χ4n) is 3.66. The van der Waals surface area contributed by atoms with Crippen molar-refractivity contribution in [1.82, 2.24) is 15.0 Å². The van der Waals surface area contributed by atoms with Crippen LogP contribution >= 0.6 is 0 Å². The first-order valence-electron chi connectivity index (χ1n) is 11.2. The van der Waals surface area contributed by atoms with Gasteiger partial charge in [0.05, 0.1) is 13.5 Å². The Balaban J connectivity index is 1.38. The third-order valence-corrected chi connectivity index (χ3v) is 5.27. The number of carbonyl (C=O) groups excluding carboxylic acids is 1. The van der Waals surface area contributed by atoms with Crippen molar-refractivity contribution in [3.63, 3.8) is 0 Å².